The molecule has 2 saturated heterocycles. The summed E-state index contributed by atoms with van der Waals surface area (Å²) in [7, 11) is 4.97. The molecule has 11 heteroatoms. The van der Waals surface area contributed by atoms with Gasteiger partial charge in [0, 0.05) is 52.0 Å². The summed E-state index contributed by atoms with van der Waals surface area (Å²) >= 11 is 0. The van der Waals surface area contributed by atoms with E-state index in [4.69, 9.17) is 23.7 Å². The molecule has 2 N–H and O–H groups in total. The number of fused-ring (bicyclic) bond motifs is 3. The van der Waals surface area contributed by atoms with E-state index in [9.17, 15) is 24.6 Å². The highest BCUT2D eigenvalue weighted by Gasteiger charge is 2.51. The molecule has 0 spiro atoms. The number of ketones is 1. The molecule has 1 saturated carbocycles. The number of allylic oxidation sites excluding steroid dienone is 4. The van der Waals surface area contributed by atoms with Crippen molar-refractivity contribution in [3.05, 3.63) is 36.0 Å². The molecule has 0 radical (unpaired) electrons. The van der Waals surface area contributed by atoms with Crippen LogP contribution in [0.25, 0.3) is 0 Å². The third-order valence-electron chi connectivity index (χ3n) is 12.8. The Hall–Kier alpha value is -2.41. The van der Waals surface area contributed by atoms with Crippen molar-refractivity contribution in [1.29, 1.82) is 0 Å². The molecule has 13 unspecified atom stereocenters. The van der Waals surface area contributed by atoms with Crippen molar-refractivity contribution in [3.8, 4) is 0 Å². The van der Waals surface area contributed by atoms with Gasteiger partial charge in [0.05, 0.1) is 30.8 Å². The third kappa shape index (κ3) is 11.8. The van der Waals surface area contributed by atoms with Crippen LogP contribution in [0, 0.1) is 29.6 Å². The highest BCUT2D eigenvalue weighted by molar-refractivity contribution is 5.85. The van der Waals surface area contributed by atoms with E-state index in [1.165, 1.54) is 4.90 Å². The molecule has 1 amide bonds. The van der Waals surface area contributed by atoms with Crippen LogP contribution in [0.3, 0.4) is 0 Å². The van der Waals surface area contributed by atoms with E-state index in [2.05, 4.69) is 19.6 Å². The highest BCUT2D eigenvalue weighted by atomic mass is 16.7. The maximum absolute atomic E-state index is 14.3. The lowest BCUT2D eigenvalue weighted by Crippen LogP contribution is -2.59. The zero-order valence-electron chi connectivity index (χ0n) is 34.9. The molecule has 3 aliphatic heterocycles. The number of carbonyl (C=O) groups is 3. The third-order valence-corrected chi connectivity index (χ3v) is 12.8. The van der Waals surface area contributed by atoms with E-state index in [0.29, 0.717) is 45.1 Å². The SMILES string of the molecule is C=CCC1C=C(C)CC(C)CC(OC)C2OC(O)(CC(=O)N3CCCCC3C(=O)OC(C(C)=CC3CCCC(OC)C3)C(C)C(O)CC1=O)C(C)CC2OC. The summed E-state index contributed by atoms with van der Waals surface area (Å²) < 4.78 is 30.4. The lowest BCUT2D eigenvalue weighted by Gasteiger charge is -2.48. The van der Waals surface area contributed by atoms with E-state index in [1.807, 2.05) is 33.8 Å². The molecular formula is C44H71NO10. The summed E-state index contributed by atoms with van der Waals surface area (Å²) in [4.78, 5) is 44.0. The zero-order chi connectivity index (χ0) is 40.4. The lowest BCUT2D eigenvalue weighted by molar-refractivity contribution is -0.321. The number of esters is 1. The minimum atomic E-state index is -1.81. The van der Waals surface area contributed by atoms with E-state index in [1.54, 1.807) is 27.4 Å². The predicted molar refractivity (Wildman–Crippen MR) is 211 cm³/mol. The maximum Gasteiger partial charge on any atom is 0.329 e. The zero-order valence-corrected chi connectivity index (χ0v) is 34.9. The average molecular weight is 774 g/mol. The molecule has 4 aliphatic rings. The van der Waals surface area contributed by atoms with E-state index >= 15 is 0 Å². The van der Waals surface area contributed by atoms with Crippen molar-refractivity contribution >= 4 is 17.7 Å². The first-order valence-electron chi connectivity index (χ1n) is 20.8. The Bertz CT molecular complexity index is 1360. The monoisotopic (exact) mass is 774 g/mol. The fourth-order valence-corrected chi connectivity index (χ4v) is 9.50. The quantitative estimate of drug-likeness (QED) is 0.218. The number of carbonyl (C=O) groups excluding carboxylic acids is 3. The highest BCUT2D eigenvalue weighted by Crippen LogP contribution is 2.40. The summed E-state index contributed by atoms with van der Waals surface area (Å²) in [6, 6.07) is -0.869. The van der Waals surface area contributed by atoms with Crippen molar-refractivity contribution < 1.29 is 48.3 Å². The van der Waals surface area contributed by atoms with E-state index < -0.39 is 60.0 Å². The number of rotatable bonds is 7. The minimum absolute atomic E-state index is 0.107. The first-order valence-corrected chi connectivity index (χ1v) is 20.8. The number of piperidine rings is 1. The molecule has 13 atom stereocenters. The van der Waals surface area contributed by atoms with Gasteiger partial charge in [-0.1, -0.05) is 51.0 Å². The number of Topliss-reactive ketones (excluding diaryl/α,β-unsaturated/α-hetero) is 1. The van der Waals surface area contributed by atoms with Gasteiger partial charge in [0.25, 0.3) is 0 Å². The molecule has 312 valence electrons. The van der Waals surface area contributed by atoms with Gasteiger partial charge in [-0.15, -0.1) is 6.58 Å². The van der Waals surface area contributed by atoms with Gasteiger partial charge in [-0.25, -0.2) is 4.79 Å². The summed E-state index contributed by atoms with van der Waals surface area (Å²) in [5.41, 5.74) is 1.84. The Balaban J connectivity index is 1.74. The van der Waals surface area contributed by atoms with Crippen LogP contribution in [0.4, 0.5) is 0 Å². The number of aliphatic hydroxyl groups excluding tert-OH is 1. The Morgan fingerprint density at radius 3 is 2.36 bits per heavy atom. The number of cyclic esters (lactones) is 1. The van der Waals surface area contributed by atoms with Crippen molar-refractivity contribution in [2.75, 3.05) is 27.9 Å². The van der Waals surface area contributed by atoms with Crippen LogP contribution in [0.2, 0.25) is 0 Å². The first kappa shape index (κ1) is 45.3. The number of methoxy groups -OCH3 is 3. The molecule has 55 heavy (non-hydrogen) atoms. The van der Waals surface area contributed by atoms with Crippen LogP contribution >= 0.6 is 0 Å². The Morgan fingerprint density at radius 2 is 1.69 bits per heavy atom. The number of hydrogen-bond acceptors (Lipinski definition) is 10. The van der Waals surface area contributed by atoms with Gasteiger partial charge >= 0.3 is 5.97 Å². The molecule has 0 aromatic heterocycles. The normalized spacial score (nSPS) is 39.7. The fourth-order valence-electron chi connectivity index (χ4n) is 9.50. The molecule has 1 aliphatic carbocycles. The van der Waals surface area contributed by atoms with Crippen LogP contribution in [-0.4, -0.2) is 109 Å². The lowest BCUT2D eigenvalue weighted by atomic mass is 9.82. The number of amides is 1. The minimum Gasteiger partial charge on any atom is -0.456 e. The van der Waals surface area contributed by atoms with Gasteiger partial charge in [-0.2, -0.15) is 0 Å². The van der Waals surface area contributed by atoms with Crippen molar-refractivity contribution in [2.45, 2.75) is 167 Å². The Morgan fingerprint density at radius 1 is 0.982 bits per heavy atom. The van der Waals surface area contributed by atoms with Gasteiger partial charge in [-0.3, -0.25) is 9.59 Å². The van der Waals surface area contributed by atoms with Crippen molar-refractivity contribution in [1.82, 2.24) is 4.90 Å². The van der Waals surface area contributed by atoms with Crippen LogP contribution in [0.5, 0.6) is 0 Å². The van der Waals surface area contributed by atoms with Gasteiger partial charge in [0.15, 0.2) is 5.79 Å². The predicted octanol–water partition coefficient (Wildman–Crippen LogP) is 6.49. The topological polar surface area (TPSA) is 141 Å². The molecule has 3 fully saturated rings. The molecule has 11 nitrogen and oxygen atoms in total. The standard InChI is InChI=1S/C44H71NO10/c1-10-14-33-20-27(2)19-28(3)21-38(52-8)42-39(53-9)23-30(5)44(50,55-42)26-40(48)45-18-12-11-17-35(45)43(49)54-41(31(6)36(46)25-37(33)47)29(4)22-32-15-13-16-34(24-32)51-7/h10,20,22,28,30-36,38-39,41-42,46,50H,1,11-19,21,23-26H2,2-9H3. The van der Waals surface area contributed by atoms with Crippen molar-refractivity contribution in [3.63, 3.8) is 0 Å². The van der Waals surface area contributed by atoms with Crippen LogP contribution in [0.1, 0.15) is 118 Å². The van der Waals surface area contributed by atoms with Crippen LogP contribution < -0.4 is 0 Å². The van der Waals surface area contributed by atoms with Crippen LogP contribution in [0.15, 0.2) is 36.0 Å². The van der Waals surface area contributed by atoms with Gasteiger partial charge in [0.2, 0.25) is 5.91 Å². The maximum atomic E-state index is 14.3. The number of nitrogens with zero attached hydrogens (tertiary/aromatic N) is 1. The molecule has 0 aromatic carbocycles. The second kappa shape index (κ2) is 20.8. The van der Waals surface area contributed by atoms with Gasteiger partial charge < -0.3 is 38.8 Å². The summed E-state index contributed by atoms with van der Waals surface area (Å²) in [6.07, 6.45) is 10.0. The summed E-state index contributed by atoms with van der Waals surface area (Å²) in [5.74, 6) is -4.05. The first-order chi connectivity index (χ1) is 26.1. The second-order valence-corrected chi connectivity index (χ2v) is 17.2. The number of hydrogen-bond donors (Lipinski definition) is 2. The summed E-state index contributed by atoms with van der Waals surface area (Å²) in [5, 5.41) is 23.8. The number of ether oxygens (including phenoxy) is 5. The van der Waals surface area contributed by atoms with Crippen LogP contribution in [-0.2, 0) is 38.1 Å². The van der Waals surface area contributed by atoms with Crippen molar-refractivity contribution in [2.24, 2.45) is 29.6 Å². The number of aliphatic hydroxyl groups is 2. The van der Waals surface area contributed by atoms with Gasteiger partial charge in [0.1, 0.15) is 24.0 Å². The van der Waals surface area contributed by atoms with E-state index in [0.717, 1.165) is 43.3 Å². The average Bonchev–Trinajstić information content (AvgIpc) is 3.15. The largest absolute Gasteiger partial charge is 0.456 e. The molecule has 2 bridgehead atoms. The molecule has 3 heterocycles. The molecule has 0 aromatic rings. The fraction of sp³-hybridized carbons (Fsp3) is 0.795. The Labute approximate surface area is 330 Å². The summed E-state index contributed by atoms with van der Waals surface area (Å²) in [6.45, 7) is 14.0. The second-order valence-electron chi connectivity index (χ2n) is 17.2. The van der Waals surface area contributed by atoms with Gasteiger partial charge in [-0.05, 0) is 95.5 Å². The van der Waals surface area contributed by atoms with E-state index in [-0.39, 0.29) is 48.6 Å². The molecule has 4 rings (SSSR count). The smallest absolute Gasteiger partial charge is 0.329 e. The molecular weight excluding hydrogens is 702 g/mol. The Kier molecular flexibility index (Phi) is 17.2.